The number of aromatic nitrogens is 2. The Morgan fingerprint density at radius 3 is 2.44 bits per heavy atom. The molecule has 1 N–H and O–H groups in total. The number of carbonyl (C=O) groups is 1. The van der Waals surface area contributed by atoms with Crippen LogP contribution < -0.4 is 5.32 Å². The lowest BCUT2D eigenvalue weighted by Crippen LogP contribution is -2.40. The molecule has 2 heterocycles. The molecule has 0 bridgehead atoms. The lowest BCUT2D eigenvalue weighted by atomic mass is 10.1. The second-order valence-electron chi connectivity index (χ2n) is 8.24. The number of benzene rings is 2. The summed E-state index contributed by atoms with van der Waals surface area (Å²) in [4.78, 5) is 17.5. The normalized spacial score (nSPS) is 18.4. The Labute approximate surface area is 193 Å². The molecule has 1 aliphatic heterocycles. The zero-order chi connectivity index (χ0) is 22.9. The molecular formula is C24H27N3O3S2. The maximum atomic E-state index is 12.8. The van der Waals surface area contributed by atoms with Gasteiger partial charge in [-0.3, -0.25) is 9.36 Å². The molecule has 2 aromatic carbocycles. The zero-order valence-electron chi connectivity index (χ0n) is 18.4. The van der Waals surface area contributed by atoms with E-state index in [-0.39, 0.29) is 23.5 Å². The van der Waals surface area contributed by atoms with Crippen molar-refractivity contribution in [2.75, 3.05) is 11.5 Å². The fourth-order valence-electron chi connectivity index (χ4n) is 4.04. The van der Waals surface area contributed by atoms with Crippen molar-refractivity contribution in [2.24, 2.45) is 0 Å². The van der Waals surface area contributed by atoms with Crippen LogP contribution in [0.25, 0.3) is 16.9 Å². The first kappa shape index (κ1) is 22.6. The summed E-state index contributed by atoms with van der Waals surface area (Å²) >= 11 is 1.38. The van der Waals surface area contributed by atoms with Crippen molar-refractivity contribution >= 4 is 27.5 Å². The number of aryl methyl sites for hydroxylation is 2. The fourth-order valence-corrected chi connectivity index (χ4v) is 6.62. The Kier molecular flexibility index (Phi) is 6.44. The van der Waals surface area contributed by atoms with Crippen LogP contribution in [0.4, 0.5) is 0 Å². The summed E-state index contributed by atoms with van der Waals surface area (Å²) < 4.78 is 25.6. The van der Waals surface area contributed by atoms with Gasteiger partial charge in [-0.05, 0) is 38.3 Å². The smallest absolute Gasteiger partial charge is 0.233 e. The van der Waals surface area contributed by atoms with E-state index < -0.39 is 15.1 Å². The number of rotatable bonds is 6. The van der Waals surface area contributed by atoms with E-state index in [4.69, 9.17) is 0 Å². The van der Waals surface area contributed by atoms with Crippen molar-refractivity contribution in [2.45, 2.75) is 43.6 Å². The van der Waals surface area contributed by atoms with Crippen LogP contribution >= 0.6 is 11.8 Å². The number of amides is 1. The predicted molar refractivity (Wildman–Crippen MR) is 129 cm³/mol. The Bertz CT molecular complexity index is 1220. The van der Waals surface area contributed by atoms with Crippen LogP contribution in [0.2, 0.25) is 0 Å². The average molecular weight is 470 g/mol. The molecule has 6 nitrogen and oxygen atoms in total. The molecule has 0 radical (unpaired) electrons. The third-order valence-corrected chi connectivity index (χ3v) is 8.53. The maximum absolute atomic E-state index is 12.8. The molecule has 3 aromatic rings. The molecule has 8 heteroatoms. The van der Waals surface area contributed by atoms with E-state index >= 15 is 0 Å². The van der Waals surface area contributed by atoms with Crippen LogP contribution in [-0.2, 0) is 14.6 Å². The highest BCUT2D eigenvalue weighted by molar-refractivity contribution is 8.00. The first-order valence-electron chi connectivity index (χ1n) is 10.6. The molecule has 1 fully saturated rings. The molecule has 1 saturated heterocycles. The van der Waals surface area contributed by atoms with Crippen LogP contribution in [0.1, 0.15) is 24.5 Å². The zero-order valence-corrected chi connectivity index (χ0v) is 20.0. The van der Waals surface area contributed by atoms with Crippen molar-refractivity contribution in [3.05, 3.63) is 65.9 Å². The first-order valence-corrected chi connectivity index (χ1v) is 13.3. The average Bonchev–Trinajstić information content (AvgIpc) is 3.31. The number of thioether (sulfide) groups is 1. The summed E-state index contributed by atoms with van der Waals surface area (Å²) in [5.41, 5.74) is 5.30. The third-order valence-electron chi connectivity index (χ3n) is 5.69. The minimum Gasteiger partial charge on any atom is -0.351 e. The summed E-state index contributed by atoms with van der Waals surface area (Å²) in [7, 11) is -3.04. The van der Waals surface area contributed by atoms with Gasteiger partial charge in [0.25, 0.3) is 0 Å². The van der Waals surface area contributed by atoms with Gasteiger partial charge in [0.15, 0.2) is 15.0 Å². The minimum absolute atomic E-state index is 0.0192. The number of hydrogen-bond donors (Lipinski definition) is 1. The standard InChI is InChI=1S/C24H27N3O3S2/c1-16-8-7-9-17(2)22(16)27-21(19-10-5-4-6-11-19)14-25-24(27)31-18(3)23(28)26-20-12-13-32(29,30)15-20/h4-11,14,18,20H,12-13,15H2,1-3H3,(H,26,28). The second-order valence-corrected chi connectivity index (χ2v) is 11.8. The number of imidazole rings is 1. The molecule has 168 valence electrons. The van der Waals surface area contributed by atoms with Crippen LogP contribution in [0, 0.1) is 13.8 Å². The number of nitrogens with zero attached hydrogens (tertiary/aromatic N) is 2. The maximum Gasteiger partial charge on any atom is 0.233 e. The lowest BCUT2D eigenvalue weighted by Gasteiger charge is -2.19. The quantitative estimate of drug-likeness (QED) is 0.553. The molecule has 32 heavy (non-hydrogen) atoms. The summed E-state index contributed by atoms with van der Waals surface area (Å²) in [5, 5.41) is 3.20. The highest BCUT2D eigenvalue weighted by Crippen LogP contribution is 2.34. The molecule has 1 aromatic heterocycles. The topological polar surface area (TPSA) is 81.1 Å². The number of hydrogen-bond acceptors (Lipinski definition) is 5. The summed E-state index contributed by atoms with van der Waals surface area (Å²) in [6, 6.07) is 15.9. The molecule has 0 aliphatic carbocycles. The Morgan fingerprint density at radius 1 is 1.12 bits per heavy atom. The van der Waals surface area contributed by atoms with Gasteiger partial charge in [0.05, 0.1) is 34.3 Å². The van der Waals surface area contributed by atoms with Gasteiger partial charge in [0, 0.05) is 11.6 Å². The van der Waals surface area contributed by atoms with Gasteiger partial charge >= 0.3 is 0 Å². The van der Waals surface area contributed by atoms with Crippen LogP contribution in [0.15, 0.2) is 59.9 Å². The van der Waals surface area contributed by atoms with E-state index in [1.807, 2.05) is 49.5 Å². The van der Waals surface area contributed by atoms with E-state index in [1.165, 1.54) is 11.8 Å². The summed E-state index contributed by atoms with van der Waals surface area (Å²) in [6.07, 6.45) is 2.32. The van der Waals surface area contributed by atoms with Crippen molar-refractivity contribution < 1.29 is 13.2 Å². The van der Waals surface area contributed by atoms with Gasteiger partial charge in [-0.15, -0.1) is 0 Å². The minimum atomic E-state index is -3.04. The molecule has 0 saturated carbocycles. The van der Waals surface area contributed by atoms with E-state index in [1.54, 1.807) is 0 Å². The highest BCUT2D eigenvalue weighted by atomic mass is 32.2. The summed E-state index contributed by atoms with van der Waals surface area (Å²) in [5.74, 6) is -0.0169. The van der Waals surface area contributed by atoms with E-state index in [0.717, 1.165) is 33.2 Å². The SMILES string of the molecule is Cc1cccc(C)c1-n1c(-c2ccccc2)cnc1SC(C)C(=O)NC1CCS(=O)(=O)C1. The van der Waals surface area contributed by atoms with Gasteiger partial charge in [0.1, 0.15) is 0 Å². The van der Waals surface area contributed by atoms with Crippen LogP contribution in [0.3, 0.4) is 0 Å². The predicted octanol–water partition coefficient (Wildman–Crippen LogP) is 3.94. The number of sulfone groups is 1. The third kappa shape index (κ3) is 4.76. The van der Waals surface area contributed by atoms with E-state index in [0.29, 0.717) is 6.42 Å². The van der Waals surface area contributed by atoms with Crippen LogP contribution in [-0.4, -0.2) is 46.7 Å². The lowest BCUT2D eigenvalue weighted by molar-refractivity contribution is -0.120. The van der Waals surface area contributed by atoms with Crippen molar-refractivity contribution in [1.29, 1.82) is 0 Å². The Hall–Kier alpha value is -2.58. The van der Waals surface area contributed by atoms with E-state index in [9.17, 15) is 13.2 Å². The van der Waals surface area contributed by atoms with Gasteiger partial charge in [0.2, 0.25) is 5.91 Å². The molecule has 2 atom stereocenters. The summed E-state index contributed by atoms with van der Waals surface area (Å²) in [6.45, 7) is 5.97. The monoisotopic (exact) mass is 469 g/mol. The molecule has 2 unspecified atom stereocenters. The fraction of sp³-hybridized carbons (Fsp3) is 0.333. The van der Waals surface area contributed by atoms with Crippen LogP contribution in [0.5, 0.6) is 0 Å². The van der Waals surface area contributed by atoms with E-state index in [2.05, 4.69) is 40.8 Å². The number of nitrogens with one attached hydrogen (secondary N) is 1. The molecular weight excluding hydrogens is 442 g/mol. The first-order chi connectivity index (χ1) is 15.2. The Morgan fingerprint density at radius 2 is 1.81 bits per heavy atom. The highest BCUT2D eigenvalue weighted by Gasteiger charge is 2.30. The number of carbonyl (C=O) groups excluding carboxylic acids is 1. The molecule has 4 rings (SSSR count). The molecule has 0 spiro atoms. The Balaban J connectivity index is 1.66. The van der Waals surface area contributed by atoms with Crippen molar-refractivity contribution in [3.63, 3.8) is 0 Å². The largest absolute Gasteiger partial charge is 0.351 e. The number of para-hydroxylation sites is 1. The van der Waals surface area contributed by atoms with Gasteiger partial charge in [-0.2, -0.15) is 0 Å². The van der Waals surface area contributed by atoms with Crippen molar-refractivity contribution in [3.8, 4) is 16.9 Å². The van der Waals surface area contributed by atoms with Crippen molar-refractivity contribution in [1.82, 2.24) is 14.9 Å². The second kappa shape index (κ2) is 9.11. The van der Waals surface area contributed by atoms with Gasteiger partial charge in [-0.1, -0.05) is 60.3 Å². The van der Waals surface area contributed by atoms with Gasteiger partial charge in [-0.25, -0.2) is 13.4 Å². The molecule has 1 aliphatic rings. The van der Waals surface area contributed by atoms with Gasteiger partial charge < -0.3 is 5.32 Å². The molecule has 1 amide bonds.